The number of carbonyl (C=O) groups is 1. The van der Waals surface area contributed by atoms with E-state index in [-0.39, 0.29) is 17.5 Å². The number of alkyl halides is 2. The molecule has 1 amide bonds. The summed E-state index contributed by atoms with van der Waals surface area (Å²) in [4.78, 5) is 28.5. The van der Waals surface area contributed by atoms with Crippen molar-refractivity contribution >= 4 is 11.6 Å². The Labute approximate surface area is 149 Å². The highest BCUT2D eigenvalue weighted by Gasteiger charge is 2.33. The minimum atomic E-state index is -2.59. The molecular formula is C18H19F2N5O. The van der Waals surface area contributed by atoms with E-state index < -0.39 is 6.43 Å². The van der Waals surface area contributed by atoms with Crippen molar-refractivity contribution in [2.24, 2.45) is 5.92 Å². The molecule has 0 aliphatic carbocycles. The molecule has 2 aromatic heterocycles. The van der Waals surface area contributed by atoms with E-state index in [1.807, 2.05) is 0 Å². The van der Waals surface area contributed by atoms with Crippen LogP contribution in [0.1, 0.15) is 35.4 Å². The molecule has 0 spiro atoms. The number of amides is 1. The van der Waals surface area contributed by atoms with Crippen LogP contribution in [0.5, 0.6) is 0 Å². The summed E-state index contributed by atoms with van der Waals surface area (Å²) < 4.78 is 25.8. The van der Waals surface area contributed by atoms with E-state index in [1.165, 1.54) is 12.4 Å². The first-order valence-electron chi connectivity index (χ1n) is 8.56. The van der Waals surface area contributed by atoms with Gasteiger partial charge < -0.3 is 9.80 Å². The largest absolute Gasteiger partial charge is 0.368 e. The van der Waals surface area contributed by atoms with Crippen LogP contribution in [0.15, 0.2) is 24.8 Å². The molecule has 4 rings (SSSR count). The Balaban J connectivity index is 1.35. The van der Waals surface area contributed by atoms with Crippen molar-refractivity contribution in [1.82, 2.24) is 19.9 Å². The fraction of sp³-hybridized carbons (Fsp3) is 0.444. The number of fused-ring (bicyclic) bond motifs is 1. The number of rotatable bonds is 4. The molecular weight excluding hydrogens is 340 g/mol. The average Bonchev–Trinajstić information content (AvgIpc) is 3.03. The number of carbonyl (C=O) groups excluding carboxylic acids is 1. The van der Waals surface area contributed by atoms with Crippen LogP contribution >= 0.6 is 0 Å². The Bertz CT molecular complexity index is 824. The third-order valence-corrected chi connectivity index (χ3v) is 5.05. The first-order chi connectivity index (χ1) is 12.5. The molecule has 2 aliphatic rings. The summed E-state index contributed by atoms with van der Waals surface area (Å²) in [5, 5.41) is 0. The van der Waals surface area contributed by atoms with Crippen LogP contribution in [-0.2, 0) is 17.9 Å². The van der Waals surface area contributed by atoms with Gasteiger partial charge in [-0.15, -0.1) is 0 Å². The number of aryl methyl sites for hydroxylation is 1. The van der Waals surface area contributed by atoms with Crippen molar-refractivity contribution < 1.29 is 13.6 Å². The molecule has 0 saturated carbocycles. The van der Waals surface area contributed by atoms with Crippen molar-refractivity contribution in [3.05, 3.63) is 47.3 Å². The van der Waals surface area contributed by atoms with Gasteiger partial charge >= 0.3 is 0 Å². The second-order valence-corrected chi connectivity index (χ2v) is 6.91. The summed E-state index contributed by atoms with van der Waals surface area (Å²) in [7, 11) is 0. The summed E-state index contributed by atoms with van der Waals surface area (Å²) in [6, 6.07) is 1.42. The van der Waals surface area contributed by atoms with Gasteiger partial charge in [0.2, 0.25) is 5.91 Å². The number of aromatic nitrogens is 3. The lowest BCUT2D eigenvalue weighted by molar-refractivity contribution is -0.133. The van der Waals surface area contributed by atoms with Gasteiger partial charge in [-0.1, -0.05) is 0 Å². The van der Waals surface area contributed by atoms with Crippen LogP contribution < -0.4 is 4.90 Å². The molecule has 0 unspecified atom stereocenters. The molecule has 26 heavy (non-hydrogen) atoms. The van der Waals surface area contributed by atoms with Crippen LogP contribution in [0, 0.1) is 12.8 Å². The van der Waals surface area contributed by atoms with E-state index >= 15 is 0 Å². The zero-order valence-electron chi connectivity index (χ0n) is 14.4. The van der Waals surface area contributed by atoms with Gasteiger partial charge in [-0.3, -0.25) is 4.79 Å². The van der Waals surface area contributed by atoms with E-state index in [0.717, 1.165) is 29.9 Å². The highest BCUT2D eigenvalue weighted by Crippen LogP contribution is 2.30. The molecule has 2 aromatic rings. The lowest BCUT2D eigenvalue weighted by Gasteiger charge is -2.40. The van der Waals surface area contributed by atoms with Crippen molar-refractivity contribution in [3.8, 4) is 0 Å². The van der Waals surface area contributed by atoms with Crippen molar-refractivity contribution in [2.75, 3.05) is 18.0 Å². The Morgan fingerprint density at radius 3 is 2.69 bits per heavy atom. The summed E-state index contributed by atoms with van der Waals surface area (Å²) in [5.74, 6) is 0.340. The lowest BCUT2D eigenvalue weighted by atomic mass is 9.95. The molecule has 1 saturated heterocycles. The van der Waals surface area contributed by atoms with Crippen molar-refractivity contribution in [3.63, 3.8) is 0 Å². The zero-order chi connectivity index (χ0) is 18.3. The number of pyridine rings is 1. The maximum Gasteiger partial charge on any atom is 0.280 e. The summed E-state index contributed by atoms with van der Waals surface area (Å²) in [5.41, 5.74) is 3.03. The fourth-order valence-electron chi connectivity index (χ4n) is 3.59. The van der Waals surface area contributed by atoms with Crippen LogP contribution in [0.25, 0.3) is 0 Å². The topological polar surface area (TPSA) is 62.2 Å². The molecule has 4 heterocycles. The van der Waals surface area contributed by atoms with Gasteiger partial charge in [-0.25, -0.2) is 23.7 Å². The number of anilines is 1. The summed E-state index contributed by atoms with van der Waals surface area (Å²) in [6.07, 6.45) is 2.88. The molecule has 0 atom stereocenters. The first-order valence-corrected chi connectivity index (χ1v) is 8.56. The van der Waals surface area contributed by atoms with Gasteiger partial charge in [0.15, 0.2) is 0 Å². The van der Waals surface area contributed by atoms with Crippen LogP contribution in [0.2, 0.25) is 0 Å². The smallest absolute Gasteiger partial charge is 0.280 e. The SMILES string of the molecule is Cc1cc(C(F)F)nc2c1CN(C(=O)CC1CN(c3cncnc3)C1)C2. The van der Waals surface area contributed by atoms with Gasteiger partial charge in [-0.05, 0) is 24.1 Å². The highest BCUT2D eigenvalue weighted by atomic mass is 19.3. The summed E-state index contributed by atoms with van der Waals surface area (Å²) >= 11 is 0. The van der Waals surface area contributed by atoms with Gasteiger partial charge in [0.05, 0.1) is 30.3 Å². The van der Waals surface area contributed by atoms with Gasteiger partial charge in [0.25, 0.3) is 6.43 Å². The normalized spacial score (nSPS) is 16.8. The van der Waals surface area contributed by atoms with E-state index in [1.54, 1.807) is 24.2 Å². The van der Waals surface area contributed by atoms with E-state index in [9.17, 15) is 13.6 Å². The number of hydrogen-bond acceptors (Lipinski definition) is 5. The van der Waals surface area contributed by atoms with Gasteiger partial charge in [0, 0.05) is 32.0 Å². The van der Waals surface area contributed by atoms with E-state index in [0.29, 0.717) is 25.2 Å². The molecule has 0 bridgehead atoms. The second-order valence-electron chi connectivity index (χ2n) is 6.91. The maximum atomic E-state index is 12.9. The standard InChI is InChI=1S/C18H19F2N5O/c1-11-2-15(18(19)20)23-16-9-25(8-14(11)16)17(26)3-12-6-24(7-12)13-4-21-10-22-5-13/h2,4-5,10,12,18H,3,6-9H2,1H3. The third kappa shape index (κ3) is 3.11. The summed E-state index contributed by atoms with van der Waals surface area (Å²) in [6.45, 7) is 4.17. The quantitative estimate of drug-likeness (QED) is 0.839. The monoisotopic (exact) mass is 359 g/mol. The Morgan fingerprint density at radius 1 is 1.27 bits per heavy atom. The predicted molar refractivity (Wildman–Crippen MR) is 90.5 cm³/mol. The second kappa shape index (κ2) is 6.59. The molecule has 136 valence electrons. The first kappa shape index (κ1) is 16.8. The lowest BCUT2D eigenvalue weighted by Crippen LogP contribution is -2.48. The predicted octanol–water partition coefficient (Wildman–Crippen LogP) is 2.49. The van der Waals surface area contributed by atoms with Crippen LogP contribution in [0.3, 0.4) is 0 Å². The Morgan fingerprint density at radius 2 is 2.00 bits per heavy atom. The van der Waals surface area contributed by atoms with Crippen LogP contribution in [0.4, 0.5) is 14.5 Å². The Kier molecular flexibility index (Phi) is 4.26. The molecule has 1 fully saturated rings. The zero-order valence-corrected chi connectivity index (χ0v) is 14.4. The minimum absolute atomic E-state index is 0.0509. The molecule has 0 radical (unpaired) electrons. The van der Waals surface area contributed by atoms with Crippen LogP contribution in [-0.4, -0.2) is 38.8 Å². The van der Waals surface area contributed by atoms with Crippen molar-refractivity contribution in [2.45, 2.75) is 32.9 Å². The van der Waals surface area contributed by atoms with E-state index in [4.69, 9.17) is 0 Å². The van der Waals surface area contributed by atoms with Gasteiger partial charge in [-0.2, -0.15) is 0 Å². The number of halogens is 2. The molecule has 6 nitrogen and oxygen atoms in total. The number of hydrogen-bond donors (Lipinski definition) is 0. The fourth-order valence-corrected chi connectivity index (χ4v) is 3.59. The van der Waals surface area contributed by atoms with E-state index in [2.05, 4.69) is 19.9 Å². The van der Waals surface area contributed by atoms with Crippen molar-refractivity contribution in [1.29, 1.82) is 0 Å². The minimum Gasteiger partial charge on any atom is -0.368 e. The third-order valence-electron chi connectivity index (χ3n) is 5.05. The maximum absolute atomic E-state index is 12.9. The molecule has 2 aliphatic heterocycles. The molecule has 8 heteroatoms. The Hall–Kier alpha value is -2.64. The number of nitrogens with zero attached hydrogens (tertiary/aromatic N) is 5. The highest BCUT2D eigenvalue weighted by molar-refractivity contribution is 5.77. The molecule has 0 aromatic carbocycles. The average molecular weight is 359 g/mol. The van der Waals surface area contributed by atoms with Gasteiger partial charge in [0.1, 0.15) is 12.0 Å². The molecule has 0 N–H and O–H groups in total.